The lowest BCUT2D eigenvalue weighted by molar-refractivity contribution is 0.203. The summed E-state index contributed by atoms with van der Waals surface area (Å²) in [5.74, 6) is 1.29. The molecule has 0 aliphatic carbocycles. The fourth-order valence-corrected chi connectivity index (χ4v) is 2.33. The summed E-state index contributed by atoms with van der Waals surface area (Å²) in [5.41, 5.74) is 6.54. The average Bonchev–Trinajstić information content (AvgIpc) is 2.39. The number of thiocarbonyl (C=S) groups is 1. The maximum atomic E-state index is 9.12. The SMILES string of the molecule is NC(=S)c1cccnc1N1CCC(CO)CC1. The topological polar surface area (TPSA) is 62.4 Å². The van der Waals surface area contributed by atoms with Crippen molar-refractivity contribution < 1.29 is 5.11 Å². The summed E-state index contributed by atoms with van der Waals surface area (Å²) >= 11 is 5.04. The molecule has 1 fully saturated rings. The van der Waals surface area contributed by atoms with E-state index >= 15 is 0 Å². The van der Waals surface area contributed by atoms with Gasteiger partial charge in [-0.1, -0.05) is 12.2 Å². The summed E-state index contributed by atoms with van der Waals surface area (Å²) < 4.78 is 0. The molecule has 1 aromatic rings. The van der Waals surface area contributed by atoms with Crippen LogP contribution in [-0.4, -0.2) is 34.8 Å². The minimum absolute atomic E-state index is 0.276. The number of pyridine rings is 1. The van der Waals surface area contributed by atoms with Crippen molar-refractivity contribution in [1.82, 2.24) is 4.98 Å². The van der Waals surface area contributed by atoms with Crippen LogP contribution in [0.15, 0.2) is 18.3 Å². The largest absolute Gasteiger partial charge is 0.396 e. The zero-order valence-corrected chi connectivity index (χ0v) is 10.5. The molecule has 1 aliphatic rings. The molecule has 0 aromatic carbocycles. The average molecular weight is 251 g/mol. The fourth-order valence-electron chi connectivity index (χ4n) is 2.17. The molecule has 0 unspecified atom stereocenters. The highest BCUT2D eigenvalue weighted by atomic mass is 32.1. The van der Waals surface area contributed by atoms with E-state index in [1.54, 1.807) is 6.20 Å². The van der Waals surface area contributed by atoms with Gasteiger partial charge in [-0.15, -0.1) is 0 Å². The van der Waals surface area contributed by atoms with Crippen LogP contribution in [0.25, 0.3) is 0 Å². The van der Waals surface area contributed by atoms with E-state index in [4.69, 9.17) is 23.1 Å². The number of nitrogens with zero attached hydrogens (tertiary/aromatic N) is 2. The van der Waals surface area contributed by atoms with Gasteiger partial charge in [0.05, 0.1) is 5.56 Å². The van der Waals surface area contributed by atoms with Crippen LogP contribution < -0.4 is 10.6 Å². The van der Waals surface area contributed by atoms with Crippen molar-refractivity contribution in [2.24, 2.45) is 11.7 Å². The number of aliphatic hydroxyl groups excluding tert-OH is 1. The van der Waals surface area contributed by atoms with Crippen LogP contribution in [0.1, 0.15) is 18.4 Å². The smallest absolute Gasteiger partial charge is 0.138 e. The van der Waals surface area contributed by atoms with Crippen LogP contribution in [0.5, 0.6) is 0 Å². The van der Waals surface area contributed by atoms with Gasteiger partial charge in [-0.3, -0.25) is 0 Å². The minimum atomic E-state index is 0.276. The van der Waals surface area contributed by atoms with Gasteiger partial charge in [-0.2, -0.15) is 0 Å². The van der Waals surface area contributed by atoms with Gasteiger partial charge in [0.15, 0.2) is 0 Å². The first-order valence-electron chi connectivity index (χ1n) is 5.83. The number of nitrogens with two attached hydrogens (primary N) is 1. The molecule has 2 heterocycles. The molecule has 17 heavy (non-hydrogen) atoms. The van der Waals surface area contributed by atoms with Gasteiger partial charge in [0.25, 0.3) is 0 Å². The van der Waals surface area contributed by atoms with Gasteiger partial charge in [-0.25, -0.2) is 4.98 Å². The lowest BCUT2D eigenvalue weighted by Crippen LogP contribution is -2.36. The lowest BCUT2D eigenvalue weighted by Gasteiger charge is -2.32. The van der Waals surface area contributed by atoms with Gasteiger partial charge in [-0.05, 0) is 30.9 Å². The van der Waals surface area contributed by atoms with Crippen molar-refractivity contribution in [3.05, 3.63) is 23.9 Å². The van der Waals surface area contributed by atoms with Crippen LogP contribution in [0.4, 0.5) is 5.82 Å². The van der Waals surface area contributed by atoms with Gasteiger partial charge < -0.3 is 15.7 Å². The number of aromatic nitrogens is 1. The third kappa shape index (κ3) is 2.73. The normalized spacial score (nSPS) is 17.1. The molecule has 1 saturated heterocycles. The highest BCUT2D eigenvalue weighted by molar-refractivity contribution is 7.80. The number of hydrogen-bond donors (Lipinski definition) is 2. The summed E-state index contributed by atoms with van der Waals surface area (Å²) in [7, 11) is 0. The van der Waals surface area contributed by atoms with E-state index in [0.717, 1.165) is 37.3 Å². The van der Waals surface area contributed by atoms with Crippen LogP contribution in [0, 0.1) is 5.92 Å². The molecule has 3 N–H and O–H groups in total. The Bertz CT molecular complexity index is 402. The number of anilines is 1. The quantitative estimate of drug-likeness (QED) is 0.782. The van der Waals surface area contributed by atoms with Gasteiger partial charge >= 0.3 is 0 Å². The van der Waals surface area contributed by atoms with E-state index in [2.05, 4.69) is 9.88 Å². The second kappa shape index (κ2) is 5.42. The molecular weight excluding hydrogens is 234 g/mol. The first kappa shape index (κ1) is 12.3. The molecule has 0 spiro atoms. The van der Waals surface area contributed by atoms with Crippen molar-refractivity contribution in [2.45, 2.75) is 12.8 Å². The molecule has 0 radical (unpaired) electrons. The van der Waals surface area contributed by atoms with E-state index in [-0.39, 0.29) is 6.61 Å². The standard InChI is InChI=1S/C12H17N3OS/c13-11(17)10-2-1-5-14-12(10)15-6-3-9(8-16)4-7-15/h1-2,5,9,16H,3-4,6-8H2,(H2,13,17). The Morgan fingerprint density at radius 2 is 2.24 bits per heavy atom. The number of hydrogen-bond acceptors (Lipinski definition) is 4. The first-order chi connectivity index (χ1) is 8.22. The molecule has 0 atom stereocenters. The van der Waals surface area contributed by atoms with Crippen molar-refractivity contribution in [3.63, 3.8) is 0 Å². The Morgan fingerprint density at radius 1 is 1.53 bits per heavy atom. The summed E-state index contributed by atoms with van der Waals surface area (Å²) in [6, 6.07) is 3.75. The minimum Gasteiger partial charge on any atom is -0.396 e. The number of aliphatic hydroxyl groups is 1. The lowest BCUT2D eigenvalue weighted by atomic mass is 9.97. The predicted molar refractivity (Wildman–Crippen MR) is 72.1 cm³/mol. The number of piperidine rings is 1. The Balaban J connectivity index is 2.15. The van der Waals surface area contributed by atoms with Crippen molar-refractivity contribution in [1.29, 1.82) is 0 Å². The van der Waals surface area contributed by atoms with Gasteiger partial charge in [0, 0.05) is 25.9 Å². The molecule has 0 bridgehead atoms. The Kier molecular flexibility index (Phi) is 3.91. The summed E-state index contributed by atoms with van der Waals surface area (Å²) in [5, 5.41) is 9.12. The first-order valence-corrected chi connectivity index (χ1v) is 6.24. The Hall–Kier alpha value is -1.20. The fraction of sp³-hybridized carbons (Fsp3) is 0.500. The molecular formula is C12H17N3OS. The zero-order valence-electron chi connectivity index (χ0n) is 9.67. The second-order valence-corrected chi connectivity index (χ2v) is 4.79. The summed E-state index contributed by atoms with van der Waals surface area (Å²) in [6.07, 6.45) is 3.74. The summed E-state index contributed by atoms with van der Waals surface area (Å²) in [6.45, 7) is 2.08. The highest BCUT2D eigenvalue weighted by Gasteiger charge is 2.21. The van der Waals surface area contributed by atoms with Crippen LogP contribution in [0.2, 0.25) is 0 Å². The van der Waals surface area contributed by atoms with Gasteiger partial charge in [0.2, 0.25) is 0 Å². The van der Waals surface area contributed by atoms with E-state index in [1.807, 2.05) is 12.1 Å². The summed E-state index contributed by atoms with van der Waals surface area (Å²) in [4.78, 5) is 6.95. The molecule has 92 valence electrons. The molecule has 0 saturated carbocycles. The number of rotatable bonds is 3. The molecule has 0 amide bonds. The van der Waals surface area contributed by atoms with Crippen molar-refractivity contribution >= 4 is 23.0 Å². The molecule has 1 aromatic heterocycles. The zero-order chi connectivity index (χ0) is 12.3. The van der Waals surface area contributed by atoms with E-state index < -0.39 is 0 Å². The maximum absolute atomic E-state index is 9.12. The highest BCUT2D eigenvalue weighted by Crippen LogP contribution is 2.24. The van der Waals surface area contributed by atoms with Crippen molar-refractivity contribution in [2.75, 3.05) is 24.6 Å². The second-order valence-electron chi connectivity index (χ2n) is 4.35. The van der Waals surface area contributed by atoms with Crippen molar-refractivity contribution in [3.8, 4) is 0 Å². The monoisotopic (exact) mass is 251 g/mol. The van der Waals surface area contributed by atoms with Gasteiger partial charge in [0.1, 0.15) is 10.8 Å². The van der Waals surface area contributed by atoms with Crippen LogP contribution >= 0.6 is 12.2 Å². The third-order valence-corrected chi connectivity index (χ3v) is 3.44. The van der Waals surface area contributed by atoms with E-state index in [9.17, 15) is 0 Å². The van der Waals surface area contributed by atoms with Crippen LogP contribution in [-0.2, 0) is 0 Å². The molecule has 1 aliphatic heterocycles. The van der Waals surface area contributed by atoms with Crippen LogP contribution in [0.3, 0.4) is 0 Å². The molecule has 5 heteroatoms. The van der Waals surface area contributed by atoms with E-state index in [1.165, 1.54) is 0 Å². The Morgan fingerprint density at radius 3 is 2.82 bits per heavy atom. The maximum Gasteiger partial charge on any atom is 0.138 e. The van der Waals surface area contributed by atoms with E-state index in [0.29, 0.717) is 10.9 Å². The molecule has 2 rings (SSSR count). The third-order valence-electron chi connectivity index (χ3n) is 3.22. The molecule has 4 nitrogen and oxygen atoms in total. The predicted octanol–water partition coefficient (Wildman–Crippen LogP) is 0.924. The Labute approximate surface area is 106 Å².